The maximum absolute atomic E-state index is 11.2. The second-order valence-corrected chi connectivity index (χ2v) is 5.73. The smallest absolute Gasteiger partial charge is 0.320 e. The first-order valence-electron chi connectivity index (χ1n) is 4.86. The van der Waals surface area contributed by atoms with Crippen molar-refractivity contribution >= 4 is 15.1 Å². The summed E-state index contributed by atoms with van der Waals surface area (Å²) in [6, 6.07) is 0.969. The lowest BCUT2D eigenvalue weighted by Gasteiger charge is -2.09. The van der Waals surface area contributed by atoms with Crippen LogP contribution in [-0.4, -0.2) is 29.3 Å². The molecule has 0 unspecified atom stereocenters. The number of rotatable bonds is 8. The Hall–Kier alpha value is -0.453. The van der Waals surface area contributed by atoms with E-state index >= 15 is 0 Å². The molecular formula is C10H20O3Si. The van der Waals surface area contributed by atoms with Crippen LogP contribution in [0.4, 0.5) is 0 Å². The molecule has 0 bridgehead atoms. The largest absolute Gasteiger partial charge is 0.400 e. The number of allylic oxidation sites excluding steroid dienone is 1. The average Bonchev–Trinajstić information content (AvgIpc) is 2.17. The number of ketones is 1. The van der Waals surface area contributed by atoms with Gasteiger partial charge in [0.05, 0.1) is 0 Å². The first-order chi connectivity index (χ1) is 6.61. The Bertz CT molecular complexity index is 188. The molecule has 0 spiro atoms. The molecule has 82 valence electrons. The Kier molecular flexibility index (Phi) is 7.65. The fourth-order valence-electron chi connectivity index (χ4n) is 1.14. The van der Waals surface area contributed by atoms with E-state index in [1.165, 1.54) is 0 Å². The van der Waals surface area contributed by atoms with Crippen LogP contribution in [0.3, 0.4) is 0 Å². The van der Waals surface area contributed by atoms with Crippen molar-refractivity contribution in [2.75, 3.05) is 14.2 Å². The van der Waals surface area contributed by atoms with Gasteiger partial charge < -0.3 is 8.85 Å². The zero-order valence-electron chi connectivity index (χ0n) is 9.34. The van der Waals surface area contributed by atoms with E-state index in [2.05, 4.69) is 6.58 Å². The maximum atomic E-state index is 11.2. The number of Topliss-reactive ketones (excluding diaryl/α,β-unsaturated/α-hetero) is 1. The molecule has 0 aromatic carbocycles. The molecule has 0 heterocycles. The van der Waals surface area contributed by atoms with Gasteiger partial charge in [0.15, 0.2) is 5.78 Å². The van der Waals surface area contributed by atoms with Crippen molar-refractivity contribution in [1.29, 1.82) is 0 Å². The topological polar surface area (TPSA) is 35.5 Å². The van der Waals surface area contributed by atoms with E-state index in [9.17, 15) is 4.79 Å². The highest BCUT2D eigenvalue weighted by atomic mass is 28.3. The van der Waals surface area contributed by atoms with Crippen molar-refractivity contribution < 1.29 is 13.6 Å². The number of carbonyl (C=O) groups is 1. The number of hydrogen-bond acceptors (Lipinski definition) is 3. The molecule has 0 aromatic heterocycles. The standard InChI is InChI=1S/C10H20O3Si/c1-9(2)10(11)7-5-6-8-14(12-3)13-4/h14H,1,5-8H2,2-4H3. The predicted octanol–water partition coefficient (Wildman–Crippen LogP) is 1.82. The molecule has 14 heavy (non-hydrogen) atoms. The van der Waals surface area contributed by atoms with Crippen LogP contribution in [0.25, 0.3) is 0 Å². The van der Waals surface area contributed by atoms with Gasteiger partial charge in [0.25, 0.3) is 0 Å². The minimum Gasteiger partial charge on any atom is -0.400 e. The SMILES string of the molecule is C=C(C)C(=O)CCCC[SiH](OC)OC. The summed E-state index contributed by atoms with van der Waals surface area (Å²) in [5, 5.41) is 0. The van der Waals surface area contributed by atoms with Gasteiger partial charge >= 0.3 is 9.28 Å². The van der Waals surface area contributed by atoms with E-state index < -0.39 is 9.28 Å². The van der Waals surface area contributed by atoms with E-state index in [1.54, 1.807) is 21.1 Å². The molecule has 0 N–H and O–H groups in total. The van der Waals surface area contributed by atoms with E-state index in [0.717, 1.165) is 18.9 Å². The highest BCUT2D eigenvalue weighted by Crippen LogP contribution is 2.07. The van der Waals surface area contributed by atoms with Crippen LogP contribution < -0.4 is 0 Å². The van der Waals surface area contributed by atoms with E-state index in [1.807, 2.05) is 0 Å². The zero-order valence-corrected chi connectivity index (χ0v) is 10.5. The normalized spacial score (nSPS) is 10.6. The molecule has 0 aliphatic rings. The van der Waals surface area contributed by atoms with Gasteiger partial charge in [-0.1, -0.05) is 13.0 Å². The molecule has 0 aliphatic heterocycles. The Morgan fingerprint density at radius 1 is 1.29 bits per heavy atom. The first kappa shape index (κ1) is 13.5. The van der Waals surface area contributed by atoms with Crippen LogP contribution in [0.1, 0.15) is 26.2 Å². The Labute approximate surface area is 87.9 Å². The molecule has 3 nitrogen and oxygen atoms in total. The van der Waals surface area contributed by atoms with Gasteiger partial charge in [0.2, 0.25) is 0 Å². The lowest BCUT2D eigenvalue weighted by atomic mass is 10.1. The molecule has 0 radical (unpaired) electrons. The second-order valence-electron chi connectivity index (χ2n) is 3.35. The summed E-state index contributed by atoms with van der Waals surface area (Å²) in [4.78, 5) is 11.2. The summed E-state index contributed by atoms with van der Waals surface area (Å²) in [7, 11) is 1.95. The van der Waals surface area contributed by atoms with Crippen LogP contribution in [0, 0.1) is 0 Å². The molecular weight excluding hydrogens is 196 g/mol. The second kappa shape index (κ2) is 7.91. The highest BCUT2D eigenvalue weighted by molar-refractivity contribution is 6.44. The van der Waals surface area contributed by atoms with Gasteiger partial charge in [-0.25, -0.2) is 0 Å². The molecule has 0 rings (SSSR count). The fraction of sp³-hybridized carbons (Fsp3) is 0.700. The van der Waals surface area contributed by atoms with E-state index in [-0.39, 0.29) is 5.78 Å². The molecule has 0 amide bonds. The summed E-state index contributed by atoms with van der Waals surface area (Å²) in [6.07, 6.45) is 2.50. The van der Waals surface area contributed by atoms with Crippen molar-refractivity contribution in [3.63, 3.8) is 0 Å². The summed E-state index contributed by atoms with van der Waals surface area (Å²) in [5.74, 6) is 0.165. The van der Waals surface area contributed by atoms with E-state index in [4.69, 9.17) is 8.85 Å². The average molecular weight is 216 g/mol. The molecule has 0 aliphatic carbocycles. The van der Waals surface area contributed by atoms with Gasteiger partial charge in [0, 0.05) is 20.6 Å². The number of hydrogen-bond donors (Lipinski definition) is 0. The van der Waals surface area contributed by atoms with Crippen molar-refractivity contribution in [3.8, 4) is 0 Å². The minimum absolute atomic E-state index is 0.165. The molecule has 0 aromatic rings. The third kappa shape index (κ3) is 6.07. The van der Waals surface area contributed by atoms with Crippen molar-refractivity contribution in [2.24, 2.45) is 0 Å². The Balaban J connectivity index is 3.46. The highest BCUT2D eigenvalue weighted by Gasteiger charge is 2.09. The van der Waals surface area contributed by atoms with Crippen molar-refractivity contribution in [2.45, 2.75) is 32.2 Å². The van der Waals surface area contributed by atoms with Gasteiger partial charge in [-0.15, -0.1) is 0 Å². The fourth-order valence-corrected chi connectivity index (χ4v) is 2.43. The summed E-state index contributed by atoms with van der Waals surface area (Å²) < 4.78 is 10.3. The van der Waals surface area contributed by atoms with E-state index in [0.29, 0.717) is 12.0 Å². The van der Waals surface area contributed by atoms with Crippen LogP contribution in [0.2, 0.25) is 6.04 Å². The molecule has 0 atom stereocenters. The van der Waals surface area contributed by atoms with Crippen LogP contribution >= 0.6 is 0 Å². The third-order valence-corrected chi connectivity index (χ3v) is 4.03. The molecule has 0 saturated carbocycles. The minimum atomic E-state index is -1.41. The van der Waals surface area contributed by atoms with Crippen LogP contribution in [-0.2, 0) is 13.6 Å². The van der Waals surface area contributed by atoms with Gasteiger partial charge in [-0.3, -0.25) is 4.79 Å². The van der Waals surface area contributed by atoms with Crippen LogP contribution in [0.15, 0.2) is 12.2 Å². The zero-order chi connectivity index (χ0) is 11.0. The summed E-state index contributed by atoms with van der Waals surface area (Å²) in [5.41, 5.74) is 0.650. The summed E-state index contributed by atoms with van der Waals surface area (Å²) in [6.45, 7) is 5.37. The Morgan fingerprint density at radius 3 is 2.29 bits per heavy atom. The number of unbranched alkanes of at least 4 members (excludes halogenated alkanes) is 1. The quantitative estimate of drug-likeness (QED) is 0.353. The lowest BCUT2D eigenvalue weighted by Crippen LogP contribution is -2.18. The maximum Gasteiger partial charge on any atom is 0.320 e. The van der Waals surface area contributed by atoms with Gasteiger partial charge in [-0.2, -0.15) is 0 Å². The summed E-state index contributed by atoms with van der Waals surface area (Å²) >= 11 is 0. The molecule has 4 heteroatoms. The first-order valence-corrected chi connectivity index (χ1v) is 6.62. The predicted molar refractivity (Wildman–Crippen MR) is 59.6 cm³/mol. The molecule has 0 saturated heterocycles. The number of carbonyl (C=O) groups excluding carboxylic acids is 1. The van der Waals surface area contributed by atoms with Crippen LogP contribution in [0.5, 0.6) is 0 Å². The molecule has 0 fully saturated rings. The van der Waals surface area contributed by atoms with Crippen molar-refractivity contribution in [1.82, 2.24) is 0 Å². The third-order valence-electron chi connectivity index (χ3n) is 2.10. The lowest BCUT2D eigenvalue weighted by molar-refractivity contribution is -0.115. The van der Waals surface area contributed by atoms with Gasteiger partial charge in [0.1, 0.15) is 0 Å². The monoisotopic (exact) mass is 216 g/mol. The van der Waals surface area contributed by atoms with Crippen molar-refractivity contribution in [3.05, 3.63) is 12.2 Å². The van der Waals surface area contributed by atoms with Gasteiger partial charge in [-0.05, 0) is 25.0 Å². The Morgan fingerprint density at radius 2 is 1.86 bits per heavy atom.